The second-order valence-corrected chi connectivity index (χ2v) is 6.91. The average Bonchev–Trinajstić information content (AvgIpc) is 2.81. The van der Waals surface area contributed by atoms with Crippen LogP contribution in [0.1, 0.15) is 6.42 Å². The lowest BCUT2D eigenvalue weighted by molar-refractivity contribution is -0.140. The van der Waals surface area contributed by atoms with E-state index in [4.69, 9.17) is 21.4 Å². The van der Waals surface area contributed by atoms with E-state index in [1.165, 1.54) is 25.3 Å². The van der Waals surface area contributed by atoms with E-state index in [1.807, 2.05) is 0 Å². The molecule has 0 unspecified atom stereocenters. The molecule has 1 heterocycles. The number of sulfonamides is 1. The summed E-state index contributed by atoms with van der Waals surface area (Å²) in [5.74, 6) is -1.28. The number of hydrogen-bond acceptors (Lipinski definition) is 5. The quantitative estimate of drug-likeness (QED) is 0.833. The summed E-state index contributed by atoms with van der Waals surface area (Å²) in [4.78, 5) is 11.0. The number of nitrogens with zero attached hydrogens (tertiary/aromatic N) is 1. The van der Waals surface area contributed by atoms with Gasteiger partial charge in [0.05, 0.1) is 13.2 Å². The number of carboxylic acids is 1. The molecule has 1 aliphatic rings. The Bertz CT molecular complexity index is 662. The molecule has 7 nitrogen and oxygen atoms in total. The van der Waals surface area contributed by atoms with Gasteiger partial charge in [0, 0.05) is 24.1 Å². The fourth-order valence-electron chi connectivity index (χ4n) is 2.26. The summed E-state index contributed by atoms with van der Waals surface area (Å²) in [5, 5.41) is 19.0. The van der Waals surface area contributed by atoms with Gasteiger partial charge in [-0.05, 0) is 12.1 Å². The van der Waals surface area contributed by atoms with Crippen molar-refractivity contribution in [2.45, 2.75) is 23.5 Å². The van der Waals surface area contributed by atoms with E-state index in [0.29, 0.717) is 5.02 Å². The van der Waals surface area contributed by atoms with Crippen molar-refractivity contribution in [2.24, 2.45) is 0 Å². The van der Waals surface area contributed by atoms with Crippen molar-refractivity contribution in [3.63, 3.8) is 0 Å². The Kier molecular flexibility index (Phi) is 4.43. The molecule has 0 amide bonds. The first kappa shape index (κ1) is 16.0. The van der Waals surface area contributed by atoms with Crippen molar-refractivity contribution in [1.82, 2.24) is 4.31 Å². The van der Waals surface area contributed by atoms with E-state index in [9.17, 15) is 18.3 Å². The third kappa shape index (κ3) is 2.98. The molecule has 0 radical (unpaired) electrons. The standard InChI is InChI=1S/C12H14ClNO6S/c1-20-10-4-7(13)2-3-11(10)21(18,19)14-6-8(15)5-9(14)12(16)17/h2-4,8-9,15H,5-6H2,1H3,(H,16,17)/t8-,9-/m0/s1. The van der Waals surface area contributed by atoms with Gasteiger partial charge in [-0.15, -0.1) is 0 Å². The molecule has 116 valence electrons. The van der Waals surface area contributed by atoms with Crippen molar-refractivity contribution in [3.8, 4) is 5.75 Å². The molecule has 2 rings (SSSR count). The van der Waals surface area contributed by atoms with Crippen LogP contribution >= 0.6 is 11.6 Å². The lowest BCUT2D eigenvalue weighted by atomic mass is 10.2. The molecule has 1 aromatic rings. The molecular weight excluding hydrogens is 322 g/mol. The highest BCUT2D eigenvalue weighted by Crippen LogP contribution is 2.33. The Morgan fingerprint density at radius 2 is 2.14 bits per heavy atom. The minimum absolute atomic E-state index is 0.0213. The molecular formula is C12H14ClNO6S. The van der Waals surface area contributed by atoms with Crippen LogP contribution in [0.2, 0.25) is 5.02 Å². The Morgan fingerprint density at radius 1 is 1.48 bits per heavy atom. The number of aliphatic hydroxyl groups is 1. The van der Waals surface area contributed by atoms with Gasteiger partial charge in [-0.3, -0.25) is 4.79 Å². The molecule has 0 spiro atoms. The largest absolute Gasteiger partial charge is 0.495 e. The number of benzene rings is 1. The highest BCUT2D eigenvalue weighted by atomic mass is 35.5. The molecule has 1 aliphatic heterocycles. The zero-order chi connectivity index (χ0) is 15.8. The fourth-order valence-corrected chi connectivity index (χ4v) is 4.19. The summed E-state index contributed by atoms with van der Waals surface area (Å²) in [6.45, 7) is -0.273. The lowest BCUT2D eigenvalue weighted by Gasteiger charge is -2.21. The van der Waals surface area contributed by atoms with Crippen LogP contribution < -0.4 is 4.74 Å². The number of carboxylic acid groups (broad SMARTS) is 1. The number of aliphatic carboxylic acids is 1. The van der Waals surface area contributed by atoms with Crippen LogP contribution in [0, 0.1) is 0 Å². The normalized spacial score (nSPS) is 23.2. The van der Waals surface area contributed by atoms with Gasteiger partial charge in [-0.25, -0.2) is 8.42 Å². The molecule has 0 bridgehead atoms. The number of aliphatic hydroxyl groups excluding tert-OH is 1. The van der Waals surface area contributed by atoms with Gasteiger partial charge in [-0.2, -0.15) is 4.31 Å². The number of β-amino-alcohol motifs (C(OH)–C–C–N with tert-alkyl or cyclic N) is 1. The zero-order valence-electron chi connectivity index (χ0n) is 11.1. The van der Waals surface area contributed by atoms with E-state index in [1.54, 1.807) is 0 Å². The maximum Gasteiger partial charge on any atom is 0.322 e. The SMILES string of the molecule is COc1cc(Cl)ccc1S(=O)(=O)N1C[C@@H](O)C[C@H]1C(=O)O. The van der Waals surface area contributed by atoms with Crippen molar-refractivity contribution < 1.29 is 28.2 Å². The van der Waals surface area contributed by atoms with E-state index in [0.717, 1.165) is 4.31 Å². The molecule has 1 saturated heterocycles. The van der Waals surface area contributed by atoms with Gasteiger partial charge in [0.1, 0.15) is 16.7 Å². The third-order valence-electron chi connectivity index (χ3n) is 3.23. The summed E-state index contributed by atoms with van der Waals surface area (Å²) < 4.78 is 31.0. The number of ether oxygens (including phenoxy) is 1. The van der Waals surface area contributed by atoms with Crippen molar-refractivity contribution in [1.29, 1.82) is 0 Å². The molecule has 1 fully saturated rings. The van der Waals surface area contributed by atoms with Gasteiger partial charge in [0.15, 0.2) is 0 Å². The van der Waals surface area contributed by atoms with Crippen LogP contribution in [-0.4, -0.2) is 54.7 Å². The third-order valence-corrected chi connectivity index (χ3v) is 5.38. The van der Waals surface area contributed by atoms with Gasteiger partial charge in [-0.1, -0.05) is 11.6 Å². The smallest absolute Gasteiger partial charge is 0.322 e. The highest BCUT2D eigenvalue weighted by molar-refractivity contribution is 7.89. The molecule has 1 aromatic carbocycles. The predicted octanol–water partition coefficient (Wildman–Crippen LogP) is 0.557. The summed E-state index contributed by atoms with van der Waals surface area (Å²) >= 11 is 5.79. The Hall–Kier alpha value is -1.35. The van der Waals surface area contributed by atoms with Crippen LogP contribution in [0.5, 0.6) is 5.75 Å². The maximum absolute atomic E-state index is 12.6. The van der Waals surface area contributed by atoms with Crippen LogP contribution in [0.25, 0.3) is 0 Å². The van der Waals surface area contributed by atoms with E-state index in [2.05, 4.69) is 0 Å². The van der Waals surface area contributed by atoms with Crippen LogP contribution in [0.3, 0.4) is 0 Å². The fraction of sp³-hybridized carbons (Fsp3) is 0.417. The van der Waals surface area contributed by atoms with Gasteiger partial charge >= 0.3 is 5.97 Å². The van der Waals surface area contributed by atoms with Gasteiger partial charge < -0.3 is 14.9 Å². The second-order valence-electron chi connectivity index (χ2n) is 4.61. The summed E-state index contributed by atoms with van der Waals surface area (Å²) in [7, 11) is -2.83. The Morgan fingerprint density at radius 3 is 2.71 bits per heavy atom. The topological polar surface area (TPSA) is 104 Å². The minimum Gasteiger partial charge on any atom is -0.495 e. The van der Waals surface area contributed by atoms with Crippen molar-refractivity contribution in [3.05, 3.63) is 23.2 Å². The zero-order valence-corrected chi connectivity index (χ0v) is 12.6. The van der Waals surface area contributed by atoms with E-state index < -0.39 is 28.1 Å². The molecule has 0 aromatic heterocycles. The van der Waals surface area contributed by atoms with E-state index >= 15 is 0 Å². The average molecular weight is 336 g/mol. The van der Waals surface area contributed by atoms with Gasteiger partial charge in [0.2, 0.25) is 10.0 Å². The molecule has 21 heavy (non-hydrogen) atoms. The Balaban J connectivity index is 2.49. The van der Waals surface area contributed by atoms with Crippen LogP contribution in [0.15, 0.2) is 23.1 Å². The van der Waals surface area contributed by atoms with E-state index in [-0.39, 0.29) is 23.6 Å². The monoisotopic (exact) mass is 335 g/mol. The first-order valence-electron chi connectivity index (χ1n) is 6.03. The summed E-state index contributed by atoms with van der Waals surface area (Å²) in [6, 6.07) is 2.65. The molecule has 0 saturated carbocycles. The number of halogens is 1. The molecule has 9 heteroatoms. The maximum atomic E-state index is 12.6. The summed E-state index contributed by atoms with van der Waals surface area (Å²) in [5.41, 5.74) is 0. The first-order chi connectivity index (χ1) is 9.77. The molecule has 2 atom stereocenters. The lowest BCUT2D eigenvalue weighted by Crippen LogP contribution is -2.40. The van der Waals surface area contributed by atoms with Gasteiger partial charge in [0.25, 0.3) is 0 Å². The minimum atomic E-state index is -4.12. The van der Waals surface area contributed by atoms with Crippen molar-refractivity contribution in [2.75, 3.05) is 13.7 Å². The van der Waals surface area contributed by atoms with Crippen LogP contribution in [0.4, 0.5) is 0 Å². The Labute approximate surface area is 126 Å². The predicted molar refractivity (Wildman–Crippen MR) is 73.9 cm³/mol. The van der Waals surface area contributed by atoms with Crippen LogP contribution in [-0.2, 0) is 14.8 Å². The molecule has 0 aliphatic carbocycles. The number of carbonyl (C=O) groups is 1. The number of rotatable bonds is 4. The number of methoxy groups -OCH3 is 1. The van der Waals surface area contributed by atoms with Crippen molar-refractivity contribution >= 4 is 27.6 Å². The summed E-state index contributed by atoms with van der Waals surface area (Å²) in [6.07, 6.45) is -1.16. The molecule has 2 N–H and O–H groups in total. The number of hydrogen-bond donors (Lipinski definition) is 2. The second kappa shape index (κ2) is 5.80. The first-order valence-corrected chi connectivity index (χ1v) is 7.85. The highest BCUT2D eigenvalue weighted by Gasteiger charge is 2.44.